The molecule has 1 fully saturated rings. The minimum atomic E-state index is 0. The third kappa shape index (κ3) is 3.73. The van der Waals surface area contributed by atoms with Crippen molar-refractivity contribution in [2.75, 3.05) is 0 Å². The van der Waals surface area contributed by atoms with E-state index in [1.165, 1.54) is 19.3 Å². The fraction of sp³-hybridized carbons (Fsp3) is 0.875. The fourth-order valence-corrected chi connectivity index (χ4v) is 1.25. The first-order valence-corrected chi connectivity index (χ1v) is 3.62. The monoisotopic (exact) mass is 200 g/mol. The molecule has 1 aliphatic rings. The van der Waals surface area contributed by atoms with E-state index in [1.807, 2.05) is 0 Å². The van der Waals surface area contributed by atoms with Crippen molar-refractivity contribution in [2.24, 2.45) is 11.8 Å². The predicted octanol–water partition coefficient (Wildman–Crippen LogP) is 2.64. The van der Waals surface area contributed by atoms with Crippen LogP contribution in [0.2, 0.25) is 0 Å². The summed E-state index contributed by atoms with van der Waals surface area (Å²) in [6.07, 6.45) is 6.66. The molecule has 0 N–H and O–H groups in total. The molecule has 2 unspecified atom stereocenters. The van der Waals surface area contributed by atoms with Crippen molar-refractivity contribution in [3.63, 3.8) is 0 Å². The molecule has 9 heavy (non-hydrogen) atoms. The Labute approximate surface area is 83.7 Å². The van der Waals surface area contributed by atoms with Crippen LogP contribution in [-0.4, -0.2) is 0 Å². The van der Waals surface area contributed by atoms with Gasteiger partial charge in [0.1, 0.15) is 0 Å². The van der Waals surface area contributed by atoms with E-state index in [1.54, 1.807) is 0 Å². The van der Waals surface area contributed by atoms with E-state index in [2.05, 4.69) is 20.3 Å². The molecule has 1 radical (unpaired) electrons. The second-order valence-electron chi connectivity index (χ2n) is 3.13. The van der Waals surface area contributed by atoms with Gasteiger partial charge in [-0.2, -0.15) is 12.3 Å². The summed E-state index contributed by atoms with van der Waals surface area (Å²) in [5.74, 6) is 1.86. The molecule has 0 aromatic rings. The van der Waals surface area contributed by atoms with Gasteiger partial charge in [0.15, 0.2) is 0 Å². The second kappa shape index (κ2) is 4.85. The average molecular weight is 200 g/mol. The van der Waals surface area contributed by atoms with Crippen LogP contribution in [0.25, 0.3) is 0 Å². The van der Waals surface area contributed by atoms with Crippen LogP contribution in [0.5, 0.6) is 0 Å². The fourth-order valence-electron chi connectivity index (χ4n) is 1.25. The van der Waals surface area contributed by atoms with Gasteiger partial charge < -0.3 is 6.42 Å². The molecule has 1 saturated carbocycles. The molecule has 0 amide bonds. The van der Waals surface area contributed by atoms with Crippen LogP contribution in [0, 0.1) is 18.3 Å². The summed E-state index contributed by atoms with van der Waals surface area (Å²) in [5.41, 5.74) is 0. The van der Waals surface area contributed by atoms with Gasteiger partial charge in [0.25, 0.3) is 0 Å². The van der Waals surface area contributed by atoms with Crippen molar-refractivity contribution in [3.8, 4) is 0 Å². The van der Waals surface area contributed by atoms with Crippen LogP contribution in [0.1, 0.15) is 33.1 Å². The SMILES string of the molecule is CC1[CH-]CC(C)CC1.[Y]. The van der Waals surface area contributed by atoms with Crippen molar-refractivity contribution in [2.45, 2.75) is 33.1 Å². The van der Waals surface area contributed by atoms with Crippen molar-refractivity contribution in [1.82, 2.24) is 0 Å². The standard InChI is InChI=1S/C8H15.Y/c1-7-3-5-8(2)6-4-7;/h3,7-8H,4-6H2,1-2H3;/q-1;. The molecule has 0 aromatic heterocycles. The van der Waals surface area contributed by atoms with Crippen molar-refractivity contribution in [1.29, 1.82) is 0 Å². The van der Waals surface area contributed by atoms with E-state index in [0.717, 1.165) is 11.8 Å². The Morgan fingerprint density at radius 1 is 1.22 bits per heavy atom. The molecule has 0 bridgehead atoms. The Morgan fingerprint density at radius 2 is 1.89 bits per heavy atom. The smallest absolute Gasteiger partial charge is 0 e. The van der Waals surface area contributed by atoms with Gasteiger partial charge in [-0.3, -0.25) is 0 Å². The zero-order chi connectivity index (χ0) is 5.98. The molecule has 1 aliphatic carbocycles. The van der Waals surface area contributed by atoms with Crippen molar-refractivity contribution < 1.29 is 32.7 Å². The maximum absolute atomic E-state index is 2.45. The van der Waals surface area contributed by atoms with Gasteiger partial charge in [0, 0.05) is 32.7 Å². The molecular weight excluding hydrogens is 185 g/mol. The third-order valence-electron chi connectivity index (χ3n) is 2.06. The van der Waals surface area contributed by atoms with Gasteiger partial charge in [0.05, 0.1) is 0 Å². The first-order valence-electron chi connectivity index (χ1n) is 3.62. The molecule has 1 heteroatoms. The van der Waals surface area contributed by atoms with E-state index in [9.17, 15) is 0 Å². The quantitative estimate of drug-likeness (QED) is 0.527. The normalized spacial score (nSPS) is 35.3. The Hall–Kier alpha value is 1.10. The molecule has 1 rings (SSSR count). The minimum absolute atomic E-state index is 0. The number of hydrogen-bond acceptors (Lipinski definition) is 0. The van der Waals surface area contributed by atoms with Gasteiger partial charge in [-0.25, -0.2) is 0 Å². The Balaban J connectivity index is 0.000000640. The molecule has 0 spiro atoms. The maximum atomic E-state index is 2.45. The van der Waals surface area contributed by atoms with Crippen molar-refractivity contribution >= 4 is 0 Å². The van der Waals surface area contributed by atoms with Crippen LogP contribution in [0.15, 0.2) is 0 Å². The molecule has 0 aromatic carbocycles. The maximum Gasteiger partial charge on any atom is 0 e. The van der Waals surface area contributed by atoms with Gasteiger partial charge >= 0.3 is 0 Å². The molecule has 0 aliphatic heterocycles. The van der Waals surface area contributed by atoms with Gasteiger partial charge in [-0.15, -0.1) is 0 Å². The van der Waals surface area contributed by atoms with Gasteiger partial charge in [-0.1, -0.05) is 32.6 Å². The van der Waals surface area contributed by atoms with Gasteiger partial charge in [-0.05, 0) is 0 Å². The summed E-state index contributed by atoms with van der Waals surface area (Å²) in [6.45, 7) is 4.65. The first kappa shape index (κ1) is 10.1. The zero-order valence-electron chi connectivity index (χ0n) is 6.43. The number of hydrogen-bond donors (Lipinski definition) is 0. The number of rotatable bonds is 0. The first-order chi connectivity index (χ1) is 3.79. The van der Waals surface area contributed by atoms with E-state index in [0.29, 0.717) is 0 Å². The third-order valence-corrected chi connectivity index (χ3v) is 2.06. The summed E-state index contributed by atoms with van der Waals surface area (Å²) in [6, 6.07) is 0. The van der Waals surface area contributed by atoms with Crippen molar-refractivity contribution in [3.05, 3.63) is 6.42 Å². The molecular formula is C8H15Y-. The van der Waals surface area contributed by atoms with E-state index in [4.69, 9.17) is 0 Å². The summed E-state index contributed by atoms with van der Waals surface area (Å²) < 4.78 is 0. The van der Waals surface area contributed by atoms with E-state index < -0.39 is 0 Å². The zero-order valence-corrected chi connectivity index (χ0v) is 9.27. The summed E-state index contributed by atoms with van der Waals surface area (Å²) >= 11 is 0. The predicted molar refractivity (Wildman–Crippen MR) is 36.5 cm³/mol. The Bertz CT molecular complexity index is 53.0. The van der Waals surface area contributed by atoms with Crippen LogP contribution < -0.4 is 0 Å². The topological polar surface area (TPSA) is 0 Å². The van der Waals surface area contributed by atoms with Crippen LogP contribution in [-0.2, 0) is 32.7 Å². The van der Waals surface area contributed by atoms with Gasteiger partial charge in [0.2, 0.25) is 0 Å². The second-order valence-corrected chi connectivity index (χ2v) is 3.13. The summed E-state index contributed by atoms with van der Waals surface area (Å²) in [4.78, 5) is 0. The van der Waals surface area contributed by atoms with E-state index >= 15 is 0 Å². The Morgan fingerprint density at radius 3 is 2.22 bits per heavy atom. The summed E-state index contributed by atoms with van der Waals surface area (Å²) in [7, 11) is 0. The van der Waals surface area contributed by atoms with Crippen LogP contribution in [0.4, 0.5) is 0 Å². The summed E-state index contributed by atoms with van der Waals surface area (Å²) in [5, 5.41) is 0. The molecule has 0 nitrogen and oxygen atoms in total. The average Bonchev–Trinajstić information content (AvgIpc) is 1.77. The molecule has 0 saturated heterocycles. The van der Waals surface area contributed by atoms with Crippen LogP contribution >= 0.6 is 0 Å². The Kier molecular flexibility index (Phi) is 5.44. The van der Waals surface area contributed by atoms with E-state index in [-0.39, 0.29) is 32.7 Å². The molecule has 2 atom stereocenters. The van der Waals surface area contributed by atoms with Crippen LogP contribution in [0.3, 0.4) is 0 Å². The molecule has 51 valence electrons. The largest absolute Gasteiger partial charge is 0.325 e. The minimum Gasteiger partial charge on any atom is -0.325 e. The molecule has 0 heterocycles.